The molecule has 1 saturated heterocycles. The first-order valence-corrected chi connectivity index (χ1v) is 32.2. The van der Waals surface area contributed by atoms with Crippen LogP contribution in [0.2, 0.25) is 0 Å². The second kappa shape index (κ2) is 56.1. The number of aliphatic hydroxyl groups is 2. The molecule has 81 heavy (non-hydrogen) atoms. The lowest BCUT2D eigenvalue weighted by atomic mass is 9.98. The van der Waals surface area contributed by atoms with Gasteiger partial charge in [-0.25, -0.2) is 4.79 Å². The Hall–Kier alpha value is -4.36. The van der Waals surface area contributed by atoms with Crippen LogP contribution in [0.4, 0.5) is 0 Å². The Labute approximate surface area is 492 Å². The Morgan fingerprint density at radius 3 is 1.22 bits per heavy atom. The van der Waals surface area contributed by atoms with E-state index in [-0.39, 0.29) is 25.9 Å². The maximum atomic E-state index is 13.2. The molecule has 6 unspecified atom stereocenters. The minimum Gasteiger partial charge on any atom is -0.479 e. The van der Waals surface area contributed by atoms with Gasteiger partial charge in [0.15, 0.2) is 24.6 Å². The summed E-state index contributed by atoms with van der Waals surface area (Å²) < 4.78 is 28.5. The van der Waals surface area contributed by atoms with Crippen LogP contribution in [0.5, 0.6) is 0 Å². The largest absolute Gasteiger partial charge is 0.479 e. The highest BCUT2D eigenvalue weighted by molar-refractivity contribution is 5.74. The van der Waals surface area contributed by atoms with E-state index in [0.29, 0.717) is 19.3 Å². The summed E-state index contributed by atoms with van der Waals surface area (Å²) in [6.07, 6.45) is 62.1. The number of carboxylic acids is 1. The summed E-state index contributed by atoms with van der Waals surface area (Å²) in [6.45, 7) is 5.83. The van der Waals surface area contributed by atoms with E-state index < -0.39 is 67.3 Å². The molecular weight excluding hydrogens is 1020 g/mol. The first-order chi connectivity index (χ1) is 39.6. The highest BCUT2D eigenvalue weighted by Crippen LogP contribution is 2.26. The van der Waals surface area contributed by atoms with E-state index in [9.17, 15) is 34.5 Å². The second-order valence-corrected chi connectivity index (χ2v) is 21.7. The molecule has 0 aromatic carbocycles. The van der Waals surface area contributed by atoms with Gasteiger partial charge in [0, 0.05) is 19.3 Å². The molecule has 0 bridgehead atoms. The highest BCUT2D eigenvalue weighted by Gasteiger charge is 2.50. The van der Waals surface area contributed by atoms with Crippen LogP contribution in [0.25, 0.3) is 0 Å². The summed E-state index contributed by atoms with van der Waals surface area (Å²) >= 11 is 0. The van der Waals surface area contributed by atoms with Crippen molar-refractivity contribution in [3.63, 3.8) is 0 Å². The summed E-state index contributed by atoms with van der Waals surface area (Å²) in [7, 11) is 0. The Balaban J connectivity index is 2.67. The molecule has 1 fully saturated rings. The average Bonchev–Trinajstić information content (AvgIpc) is 3.45. The summed E-state index contributed by atoms with van der Waals surface area (Å²) in [5.41, 5.74) is 0. The third-order valence-electron chi connectivity index (χ3n) is 14.1. The van der Waals surface area contributed by atoms with Gasteiger partial charge in [-0.15, -0.1) is 0 Å². The molecule has 1 rings (SSSR count). The van der Waals surface area contributed by atoms with E-state index in [4.69, 9.17) is 23.7 Å². The summed E-state index contributed by atoms with van der Waals surface area (Å²) in [4.78, 5) is 51.3. The van der Waals surface area contributed by atoms with E-state index in [2.05, 4.69) is 118 Å². The van der Waals surface area contributed by atoms with Gasteiger partial charge in [0.05, 0.1) is 6.61 Å². The van der Waals surface area contributed by atoms with Gasteiger partial charge in [-0.2, -0.15) is 0 Å². The smallest absolute Gasteiger partial charge is 0.335 e. The molecule has 1 aliphatic rings. The lowest BCUT2D eigenvalue weighted by Gasteiger charge is -2.40. The number of rotatable bonds is 54. The zero-order valence-corrected chi connectivity index (χ0v) is 51.0. The predicted octanol–water partition coefficient (Wildman–Crippen LogP) is 17.2. The summed E-state index contributed by atoms with van der Waals surface area (Å²) in [6, 6.07) is 0. The number of hydrogen-bond donors (Lipinski definition) is 3. The van der Waals surface area contributed by atoms with Crippen molar-refractivity contribution in [2.75, 3.05) is 13.2 Å². The molecule has 12 heteroatoms. The summed E-state index contributed by atoms with van der Waals surface area (Å²) in [5, 5.41) is 31.6. The average molecular weight is 1140 g/mol. The molecule has 462 valence electrons. The van der Waals surface area contributed by atoms with E-state index in [0.717, 1.165) is 154 Å². The van der Waals surface area contributed by atoms with Gasteiger partial charge in [-0.1, -0.05) is 221 Å². The quantitative estimate of drug-likeness (QED) is 0.0228. The van der Waals surface area contributed by atoms with E-state index in [1.165, 1.54) is 51.4 Å². The van der Waals surface area contributed by atoms with Crippen molar-refractivity contribution in [1.82, 2.24) is 0 Å². The van der Waals surface area contributed by atoms with Gasteiger partial charge < -0.3 is 39.0 Å². The normalized spacial score (nSPS) is 18.4. The lowest BCUT2D eigenvalue weighted by Crippen LogP contribution is -2.61. The number of esters is 3. The van der Waals surface area contributed by atoms with E-state index >= 15 is 0 Å². The van der Waals surface area contributed by atoms with Crippen LogP contribution in [-0.4, -0.2) is 89.2 Å². The van der Waals surface area contributed by atoms with Crippen molar-refractivity contribution in [3.05, 3.63) is 97.2 Å². The Morgan fingerprint density at radius 1 is 0.420 bits per heavy atom. The van der Waals surface area contributed by atoms with Gasteiger partial charge >= 0.3 is 23.9 Å². The van der Waals surface area contributed by atoms with Gasteiger partial charge in [-0.05, 0) is 122 Å². The number of allylic oxidation sites excluding steroid dienone is 16. The van der Waals surface area contributed by atoms with Crippen molar-refractivity contribution in [2.24, 2.45) is 0 Å². The Kier molecular flexibility index (Phi) is 51.7. The number of unbranched alkanes of at least 4 members (excludes halogenated alkanes) is 24. The number of hydrogen-bond acceptors (Lipinski definition) is 11. The van der Waals surface area contributed by atoms with Crippen LogP contribution in [0, 0.1) is 0 Å². The zero-order valence-electron chi connectivity index (χ0n) is 51.0. The van der Waals surface area contributed by atoms with Crippen molar-refractivity contribution in [1.29, 1.82) is 0 Å². The first kappa shape index (κ1) is 74.7. The predicted molar refractivity (Wildman–Crippen MR) is 331 cm³/mol. The first-order valence-electron chi connectivity index (χ1n) is 32.2. The lowest BCUT2D eigenvalue weighted by molar-refractivity contribution is -0.301. The minimum atomic E-state index is -1.92. The molecule has 0 aliphatic carbocycles. The number of ether oxygens (including phenoxy) is 5. The topological polar surface area (TPSA) is 175 Å². The van der Waals surface area contributed by atoms with Gasteiger partial charge in [0.2, 0.25) is 0 Å². The van der Waals surface area contributed by atoms with E-state index in [1.54, 1.807) is 0 Å². The number of carboxylic acid groups (broad SMARTS) is 1. The van der Waals surface area contributed by atoms with Crippen molar-refractivity contribution < 1.29 is 58.2 Å². The molecule has 0 spiro atoms. The molecule has 12 nitrogen and oxygen atoms in total. The SMILES string of the molecule is CC/C=C\C/C=C\C/C=C\C/C=C\CCCCCCCCC(=O)OCC(COC1OC(C(=O)O)C(O)C(O)C1OC(=O)CCCCCCCC/C=C\C/C=C\C/C=C\CCCCC)OC(=O)CCCCCCC/C=C\CCCCCC. The number of aliphatic carboxylic acids is 1. The Morgan fingerprint density at radius 2 is 0.778 bits per heavy atom. The number of aliphatic hydroxyl groups excluding tert-OH is 2. The highest BCUT2D eigenvalue weighted by atomic mass is 16.7. The third kappa shape index (κ3) is 45.8. The number of carbonyl (C=O) groups is 4. The second-order valence-electron chi connectivity index (χ2n) is 21.7. The van der Waals surface area contributed by atoms with Crippen molar-refractivity contribution in [2.45, 2.75) is 302 Å². The fourth-order valence-electron chi connectivity index (χ4n) is 9.18. The third-order valence-corrected chi connectivity index (χ3v) is 14.1. The van der Waals surface area contributed by atoms with Crippen LogP contribution < -0.4 is 0 Å². The molecule has 0 saturated carbocycles. The van der Waals surface area contributed by atoms with E-state index in [1.807, 2.05) is 0 Å². The van der Waals surface area contributed by atoms with Crippen LogP contribution in [0.3, 0.4) is 0 Å². The number of carbonyl (C=O) groups excluding carboxylic acids is 3. The van der Waals surface area contributed by atoms with Crippen LogP contribution in [0.1, 0.15) is 265 Å². The van der Waals surface area contributed by atoms with Crippen LogP contribution >= 0.6 is 0 Å². The molecule has 0 aromatic rings. The van der Waals surface area contributed by atoms with Gasteiger partial charge in [-0.3, -0.25) is 14.4 Å². The molecule has 3 N–H and O–H groups in total. The molecule has 1 aliphatic heterocycles. The minimum absolute atomic E-state index is 0.0401. The van der Waals surface area contributed by atoms with Gasteiger partial charge in [0.1, 0.15) is 18.8 Å². The molecule has 0 radical (unpaired) electrons. The Bertz CT molecular complexity index is 1780. The zero-order chi connectivity index (χ0) is 58.9. The molecule has 0 amide bonds. The van der Waals surface area contributed by atoms with Crippen molar-refractivity contribution >= 4 is 23.9 Å². The van der Waals surface area contributed by atoms with Crippen molar-refractivity contribution in [3.8, 4) is 0 Å². The van der Waals surface area contributed by atoms with Crippen LogP contribution in [0.15, 0.2) is 97.2 Å². The maximum absolute atomic E-state index is 13.2. The molecule has 6 atom stereocenters. The van der Waals surface area contributed by atoms with Crippen LogP contribution in [-0.2, 0) is 42.9 Å². The monoisotopic (exact) mass is 1130 g/mol. The molecular formula is C69H114O12. The fourth-order valence-corrected chi connectivity index (χ4v) is 9.18. The molecule has 0 aromatic heterocycles. The van der Waals surface area contributed by atoms with Gasteiger partial charge in [0.25, 0.3) is 0 Å². The summed E-state index contributed by atoms with van der Waals surface area (Å²) in [5.74, 6) is -3.16. The molecule has 1 heterocycles. The standard InChI is InChI=1S/C69H114O12/c1-4-7-10-13-16-19-22-25-27-29-31-33-35-38-40-43-46-49-52-55-61(70)77-58-60(79-62(71)56-53-50-47-44-41-37-24-21-18-15-12-9-6-3)59-78-69-67(65(74)64(73)66(81-69)68(75)76)80-63(72)57-54-51-48-45-42-39-36-34-32-30-28-26-23-20-17-14-11-8-5-2/h7,10,16-17,19-21,24-28,31-34,60,64-67,69,73-74H,4-6,8-9,11-15,18,22-23,29-30,35-59H2,1-3H3,(H,75,76)/b10-7-,19-16-,20-17-,24-21-,27-25-,28-26-,33-31-,34-32-. The fraction of sp³-hybridized carbons (Fsp3) is 0.710. The maximum Gasteiger partial charge on any atom is 0.335 e.